The average molecular weight is 318 g/mol. The number of hydrogen-bond donors (Lipinski definition) is 0. The maximum atomic E-state index is 12.7. The molecule has 1 amide bonds. The standard InChI is InChI=1S/C17H16ClNOS/c1-12(21-15-8-6-14(18)7-9-15)17(20)19-11-10-13-4-2-3-5-16(13)19/h2-9,12H,10-11H2,1H3/t12-/m0/s1. The second-order valence-electron chi connectivity index (χ2n) is 5.08. The summed E-state index contributed by atoms with van der Waals surface area (Å²) in [5.74, 6) is 0.167. The van der Waals surface area contributed by atoms with Gasteiger partial charge < -0.3 is 4.90 Å². The zero-order valence-corrected chi connectivity index (χ0v) is 13.3. The highest BCUT2D eigenvalue weighted by atomic mass is 35.5. The van der Waals surface area contributed by atoms with E-state index in [1.165, 1.54) is 5.56 Å². The van der Waals surface area contributed by atoms with Gasteiger partial charge in [0.25, 0.3) is 0 Å². The molecular formula is C17H16ClNOS. The third-order valence-electron chi connectivity index (χ3n) is 3.63. The minimum atomic E-state index is -0.114. The highest BCUT2D eigenvalue weighted by Gasteiger charge is 2.28. The van der Waals surface area contributed by atoms with Gasteiger partial charge >= 0.3 is 0 Å². The molecule has 108 valence electrons. The number of para-hydroxylation sites is 1. The lowest BCUT2D eigenvalue weighted by atomic mass is 10.2. The number of halogens is 1. The van der Waals surface area contributed by atoms with Crippen molar-refractivity contribution in [2.45, 2.75) is 23.5 Å². The van der Waals surface area contributed by atoms with E-state index >= 15 is 0 Å². The molecule has 0 aliphatic carbocycles. The van der Waals surface area contributed by atoms with Gasteiger partial charge in [-0.15, -0.1) is 11.8 Å². The van der Waals surface area contributed by atoms with Crippen LogP contribution in [-0.2, 0) is 11.2 Å². The molecule has 1 aliphatic rings. The predicted molar refractivity (Wildman–Crippen MR) is 89.3 cm³/mol. The van der Waals surface area contributed by atoms with Crippen molar-refractivity contribution in [2.24, 2.45) is 0 Å². The molecule has 0 unspecified atom stereocenters. The van der Waals surface area contributed by atoms with Gasteiger partial charge in [0.05, 0.1) is 5.25 Å². The molecule has 0 saturated heterocycles. The van der Waals surface area contributed by atoms with E-state index in [0.29, 0.717) is 5.02 Å². The Balaban J connectivity index is 1.72. The van der Waals surface area contributed by atoms with E-state index in [9.17, 15) is 4.79 Å². The zero-order valence-electron chi connectivity index (χ0n) is 11.8. The number of fused-ring (bicyclic) bond motifs is 1. The summed E-state index contributed by atoms with van der Waals surface area (Å²) in [6.07, 6.45) is 0.945. The lowest BCUT2D eigenvalue weighted by Gasteiger charge is -2.21. The molecule has 1 atom stereocenters. The summed E-state index contributed by atoms with van der Waals surface area (Å²) in [5.41, 5.74) is 2.32. The highest BCUT2D eigenvalue weighted by molar-refractivity contribution is 8.00. The summed E-state index contributed by atoms with van der Waals surface area (Å²) in [4.78, 5) is 15.6. The fourth-order valence-electron chi connectivity index (χ4n) is 2.55. The maximum Gasteiger partial charge on any atom is 0.240 e. The van der Waals surface area contributed by atoms with Crippen molar-refractivity contribution in [2.75, 3.05) is 11.4 Å². The van der Waals surface area contributed by atoms with Crippen molar-refractivity contribution in [1.29, 1.82) is 0 Å². The van der Waals surface area contributed by atoms with Gasteiger partial charge in [-0.2, -0.15) is 0 Å². The molecule has 0 N–H and O–H groups in total. The van der Waals surface area contributed by atoms with E-state index < -0.39 is 0 Å². The van der Waals surface area contributed by atoms with Crippen LogP contribution >= 0.6 is 23.4 Å². The van der Waals surface area contributed by atoms with Crippen molar-refractivity contribution in [3.05, 3.63) is 59.1 Å². The predicted octanol–water partition coefficient (Wildman–Crippen LogP) is 4.41. The normalized spacial score (nSPS) is 14.9. The van der Waals surface area contributed by atoms with Crippen LogP contribution in [0.2, 0.25) is 5.02 Å². The summed E-state index contributed by atoms with van der Waals surface area (Å²) in [7, 11) is 0. The van der Waals surface area contributed by atoms with Crippen molar-refractivity contribution >= 4 is 35.0 Å². The van der Waals surface area contributed by atoms with E-state index in [1.807, 2.05) is 54.3 Å². The fourth-order valence-corrected chi connectivity index (χ4v) is 3.61. The van der Waals surface area contributed by atoms with Gasteiger partial charge in [-0.05, 0) is 49.2 Å². The largest absolute Gasteiger partial charge is 0.311 e. The SMILES string of the molecule is C[C@H](Sc1ccc(Cl)cc1)C(=O)N1CCc2ccccc21. The van der Waals surface area contributed by atoms with Crippen LogP contribution in [0.25, 0.3) is 0 Å². The van der Waals surface area contributed by atoms with Gasteiger partial charge in [0, 0.05) is 22.2 Å². The molecule has 0 fully saturated rings. The summed E-state index contributed by atoms with van der Waals surface area (Å²) in [6.45, 7) is 2.74. The van der Waals surface area contributed by atoms with E-state index in [4.69, 9.17) is 11.6 Å². The summed E-state index contributed by atoms with van der Waals surface area (Å²) >= 11 is 7.46. The Morgan fingerprint density at radius 1 is 1.19 bits per heavy atom. The number of thioether (sulfide) groups is 1. The number of anilines is 1. The van der Waals surface area contributed by atoms with Crippen molar-refractivity contribution in [3.63, 3.8) is 0 Å². The summed E-state index contributed by atoms with van der Waals surface area (Å²) in [6, 6.07) is 15.8. The van der Waals surface area contributed by atoms with Crippen LogP contribution in [0.5, 0.6) is 0 Å². The monoisotopic (exact) mass is 317 g/mol. The van der Waals surface area contributed by atoms with Crippen LogP contribution in [0.15, 0.2) is 53.4 Å². The molecule has 0 aromatic heterocycles. The van der Waals surface area contributed by atoms with Gasteiger partial charge in [0.15, 0.2) is 0 Å². The molecule has 0 bridgehead atoms. The van der Waals surface area contributed by atoms with Gasteiger partial charge in [-0.3, -0.25) is 4.79 Å². The minimum Gasteiger partial charge on any atom is -0.311 e. The molecule has 0 spiro atoms. The Labute approximate surface area is 134 Å². The molecule has 1 aliphatic heterocycles. The topological polar surface area (TPSA) is 20.3 Å². The first-order valence-corrected chi connectivity index (χ1v) is 8.22. The van der Waals surface area contributed by atoms with E-state index in [2.05, 4.69) is 6.07 Å². The molecule has 4 heteroatoms. The third kappa shape index (κ3) is 3.09. The fraction of sp³-hybridized carbons (Fsp3) is 0.235. The van der Waals surface area contributed by atoms with Gasteiger partial charge in [0.1, 0.15) is 0 Å². The minimum absolute atomic E-state index is 0.114. The highest BCUT2D eigenvalue weighted by Crippen LogP contribution is 2.31. The number of rotatable bonds is 3. The average Bonchev–Trinajstić information content (AvgIpc) is 2.92. The first-order chi connectivity index (χ1) is 10.1. The summed E-state index contributed by atoms with van der Waals surface area (Å²) in [5, 5.41) is 0.601. The number of nitrogens with zero attached hydrogens (tertiary/aromatic N) is 1. The Morgan fingerprint density at radius 2 is 1.90 bits per heavy atom. The molecule has 1 heterocycles. The van der Waals surface area contributed by atoms with Crippen molar-refractivity contribution in [1.82, 2.24) is 0 Å². The Kier molecular flexibility index (Phi) is 4.22. The van der Waals surface area contributed by atoms with Crippen molar-refractivity contribution < 1.29 is 4.79 Å². The van der Waals surface area contributed by atoms with Crippen LogP contribution in [0.4, 0.5) is 5.69 Å². The first-order valence-electron chi connectivity index (χ1n) is 6.96. The number of hydrogen-bond acceptors (Lipinski definition) is 2. The third-order valence-corrected chi connectivity index (χ3v) is 4.98. The van der Waals surface area contributed by atoms with Gasteiger partial charge in [0.2, 0.25) is 5.91 Å². The first kappa shape index (κ1) is 14.5. The van der Waals surface area contributed by atoms with E-state index in [1.54, 1.807) is 11.8 Å². The van der Waals surface area contributed by atoms with Crippen LogP contribution < -0.4 is 4.90 Å². The van der Waals surface area contributed by atoms with Gasteiger partial charge in [-0.25, -0.2) is 0 Å². The van der Waals surface area contributed by atoms with Crippen LogP contribution in [-0.4, -0.2) is 17.7 Å². The van der Waals surface area contributed by atoms with E-state index in [-0.39, 0.29) is 11.2 Å². The number of carbonyl (C=O) groups is 1. The molecule has 0 saturated carbocycles. The lowest BCUT2D eigenvalue weighted by molar-refractivity contribution is -0.117. The Morgan fingerprint density at radius 3 is 2.67 bits per heavy atom. The Hall–Kier alpha value is -1.45. The molecule has 0 radical (unpaired) electrons. The van der Waals surface area contributed by atoms with Gasteiger partial charge in [-0.1, -0.05) is 29.8 Å². The van der Waals surface area contributed by atoms with Crippen LogP contribution in [0, 0.1) is 0 Å². The Bertz CT molecular complexity index is 656. The molecular weight excluding hydrogens is 302 g/mol. The van der Waals surface area contributed by atoms with E-state index in [0.717, 1.165) is 23.5 Å². The number of amides is 1. The van der Waals surface area contributed by atoms with Crippen LogP contribution in [0.3, 0.4) is 0 Å². The van der Waals surface area contributed by atoms with Crippen LogP contribution in [0.1, 0.15) is 12.5 Å². The quantitative estimate of drug-likeness (QED) is 0.782. The zero-order chi connectivity index (χ0) is 14.8. The number of benzene rings is 2. The second-order valence-corrected chi connectivity index (χ2v) is 6.93. The smallest absolute Gasteiger partial charge is 0.240 e. The summed E-state index contributed by atoms with van der Waals surface area (Å²) < 4.78 is 0. The molecule has 21 heavy (non-hydrogen) atoms. The number of carbonyl (C=O) groups excluding carboxylic acids is 1. The molecule has 2 aromatic carbocycles. The lowest BCUT2D eigenvalue weighted by Crippen LogP contribution is -2.35. The molecule has 2 nitrogen and oxygen atoms in total. The second kappa shape index (κ2) is 6.12. The molecule has 3 rings (SSSR count). The van der Waals surface area contributed by atoms with Crippen molar-refractivity contribution in [3.8, 4) is 0 Å². The maximum absolute atomic E-state index is 12.7. The molecule has 2 aromatic rings.